The summed E-state index contributed by atoms with van der Waals surface area (Å²) in [5.41, 5.74) is 0.478. The van der Waals surface area contributed by atoms with Gasteiger partial charge in [-0.1, -0.05) is 11.6 Å². The van der Waals surface area contributed by atoms with E-state index < -0.39 is 5.97 Å². The lowest BCUT2D eigenvalue weighted by Gasteiger charge is -2.08. The van der Waals surface area contributed by atoms with Crippen molar-refractivity contribution >= 4 is 23.9 Å². The van der Waals surface area contributed by atoms with Crippen LogP contribution in [-0.4, -0.2) is 26.0 Å². The molecule has 0 bridgehead atoms. The minimum Gasteiger partial charge on any atom is -0.496 e. The fraction of sp³-hybridized carbons (Fsp3) is 0.273. The minimum atomic E-state index is -0.500. The molecule has 0 radical (unpaired) electrons. The number of hydrogen-bond acceptors (Lipinski definition) is 4. The fourth-order valence-electron chi connectivity index (χ4n) is 1.21. The highest BCUT2D eigenvalue weighted by atomic mass is 35.5. The highest BCUT2D eigenvalue weighted by Gasteiger charge is 2.14. The van der Waals surface area contributed by atoms with Gasteiger partial charge in [-0.25, -0.2) is 4.79 Å². The van der Waals surface area contributed by atoms with Gasteiger partial charge in [-0.2, -0.15) is 0 Å². The van der Waals surface area contributed by atoms with E-state index in [0.29, 0.717) is 6.29 Å². The Morgan fingerprint density at radius 2 is 2.19 bits per heavy atom. The lowest BCUT2D eigenvalue weighted by molar-refractivity contribution is 0.0525. The zero-order valence-electron chi connectivity index (χ0n) is 8.95. The summed E-state index contributed by atoms with van der Waals surface area (Å²) in [6.07, 6.45) is 0.579. The maximum atomic E-state index is 11.4. The Balaban J connectivity index is 3.20. The van der Waals surface area contributed by atoms with Crippen molar-refractivity contribution in [3.8, 4) is 5.75 Å². The monoisotopic (exact) mass is 242 g/mol. The fourth-order valence-corrected chi connectivity index (χ4v) is 1.46. The van der Waals surface area contributed by atoms with Crippen molar-refractivity contribution < 1.29 is 19.1 Å². The largest absolute Gasteiger partial charge is 0.496 e. The molecule has 1 aromatic rings. The summed E-state index contributed by atoms with van der Waals surface area (Å²) in [7, 11) is 1.40. The molecule has 0 aliphatic carbocycles. The zero-order valence-corrected chi connectivity index (χ0v) is 9.71. The maximum absolute atomic E-state index is 11.4. The third-order valence-corrected chi connectivity index (χ3v) is 2.25. The molecule has 0 aliphatic heterocycles. The molecule has 5 heteroatoms. The second kappa shape index (κ2) is 5.51. The van der Waals surface area contributed by atoms with Crippen molar-refractivity contribution in [2.45, 2.75) is 6.92 Å². The highest BCUT2D eigenvalue weighted by Crippen LogP contribution is 2.27. The van der Waals surface area contributed by atoms with Crippen LogP contribution in [0.5, 0.6) is 5.75 Å². The Bertz CT molecular complexity index is 415. The van der Waals surface area contributed by atoms with Gasteiger partial charge >= 0.3 is 5.97 Å². The van der Waals surface area contributed by atoms with Crippen LogP contribution in [0.2, 0.25) is 5.02 Å². The molecule has 4 nitrogen and oxygen atoms in total. The van der Waals surface area contributed by atoms with Gasteiger partial charge in [0.1, 0.15) is 5.75 Å². The van der Waals surface area contributed by atoms with Crippen molar-refractivity contribution in [2.75, 3.05) is 13.7 Å². The summed E-state index contributed by atoms with van der Waals surface area (Å²) in [5, 5.41) is 0.164. The molecule has 16 heavy (non-hydrogen) atoms. The third-order valence-electron chi connectivity index (χ3n) is 1.94. The maximum Gasteiger partial charge on any atom is 0.338 e. The molecule has 0 amide bonds. The van der Waals surface area contributed by atoms with Gasteiger partial charge in [-0.15, -0.1) is 0 Å². The third kappa shape index (κ3) is 2.52. The van der Waals surface area contributed by atoms with Gasteiger partial charge < -0.3 is 9.47 Å². The Hall–Kier alpha value is -1.55. The quantitative estimate of drug-likeness (QED) is 0.601. The van der Waals surface area contributed by atoms with Gasteiger partial charge in [0.15, 0.2) is 6.29 Å². The molecular formula is C11H11ClO4. The summed E-state index contributed by atoms with van der Waals surface area (Å²) in [6, 6.07) is 2.80. The molecule has 0 atom stereocenters. The molecule has 1 aromatic carbocycles. The first-order valence-corrected chi connectivity index (χ1v) is 5.01. The van der Waals surface area contributed by atoms with Gasteiger partial charge in [0.2, 0.25) is 0 Å². The summed E-state index contributed by atoms with van der Waals surface area (Å²) >= 11 is 5.84. The molecule has 0 fully saturated rings. The molecule has 0 aliphatic rings. The SMILES string of the molecule is CCOC(=O)c1cc(Cl)c(C=O)c(OC)c1. The van der Waals surface area contributed by atoms with Crippen LogP contribution < -0.4 is 4.74 Å². The van der Waals surface area contributed by atoms with Crippen molar-refractivity contribution in [1.29, 1.82) is 0 Å². The average Bonchev–Trinajstić information content (AvgIpc) is 2.28. The molecule has 0 unspecified atom stereocenters. The summed E-state index contributed by atoms with van der Waals surface area (Å²) < 4.78 is 9.78. The number of methoxy groups -OCH3 is 1. The van der Waals surface area contributed by atoms with E-state index in [-0.39, 0.29) is 28.5 Å². The first-order chi connectivity index (χ1) is 7.63. The smallest absolute Gasteiger partial charge is 0.338 e. The molecule has 1 rings (SSSR count). The molecular weight excluding hydrogens is 232 g/mol. The standard InChI is InChI=1S/C11H11ClO4/c1-3-16-11(14)7-4-9(12)8(6-13)10(5-7)15-2/h4-6H,3H2,1-2H3. The predicted octanol–water partition coefficient (Wildman–Crippen LogP) is 2.34. The number of rotatable bonds is 4. The van der Waals surface area contributed by atoms with E-state index in [1.165, 1.54) is 19.2 Å². The molecule has 0 N–H and O–H groups in total. The van der Waals surface area contributed by atoms with Crippen LogP contribution in [0.3, 0.4) is 0 Å². The Labute approximate surface area is 98.1 Å². The van der Waals surface area contributed by atoms with E-state index in [1.807, 2.05) is 0 Å². The topological polar surface area (TPSA) is 52.6 Å². The number of ether oxygens (including phenoxy) is 2. The van der Waals surface area contributed by atoms with Crippen LogP contribution in [0.4, 0.5) is 0 Å². The molecule has 86 valence electrons. The molecule has 0 aromatic heterocycles. The van der Waals surface area contributed by atoms with Crippen LogP contribution in [0.25, 0.3) is 0 Å². The molecule has 0 saturated heterocycles. The second-order valence-electron chi connectivity index (χ2n) is 2.91. The molecule has 0 heterocycles. The first kappa shape index (κ1) is 12.5. The number of carbonyl (C=O) groups is 2. The van der Waals surface area contributed by atoms with Crippen molar-refractivity contribution in [3.05, 3.63) is 28.3 Å². The first-order valence-electron chi connectivity index (χ1n) is 4.63. The minimum absolute atomic E-state index is 0.164. The Morgan fingerprint density at radius 1 is 1.50 bits per heavy atom. The van der Waals surface area contributed by atoms with Crippen molar-refractivity contribution in [1.82, 2.24) is 0 Å². The zero-order chi connectivity index (χ0) is 12.1. The van der Waals surface area contributed by atoms with E-state index in [2.05, 4.69) is 0 Å². The van der Waals surface area contributed by atoms with E-state index in [1.54, 1.807) is 6.92 Å². The predicted molar refractivity (Wildman–Crippen MR) is 59.3 cm³/mol. The van der Waals surface area contributed by atoms with E-state index >= 15 is 0 Å². The van der Waals surface area contributed by atoms with E-state index in [4.69, 9.17) is 21.1 Å². The number of aldehydes is 1. The number of carbonyl (C=O) groups excluding carboxylic acids is 2. The number of halogens is 1. The normalized spacial score (nSPS) is 9.69. The summed E-state index contributed by atoms with van der Waals surface area (Å²) in [4.78, 5) is 22.2. The van der Waals surface area contributed by atoms with Gasteiger partial charge in [0.05, 0.1) is 29.9 Å². The van der Waals surface area contributed by atoms with Gasteiger partial charge in [0, 0.05) is 0 Å². The molecule has 0 saturated carbocycles. The number of hydrogen-bond donors (Lipinski definition) is 0. The second-order valence-corrected chi connectivity index (χ2v) is 3.32. The average molecular weight is 243 g/mol. The van der Waals surface area contributed by atoms with Crippen LogP contribution in [0.15, 0.2) is 12.1 Å². The van der Waals surface area contributed by atoms with Crippen LogP contribution >= 0.6 is 11.6 Å². The van der Waals surface area contributed by atoms with Gasteiger partial charge in [-0.3, -0.25) is 4.79 Å². The lowest BCUT2D eigenvalue weighted by atomic mass is 10.1. The van der Waals surface area contributed by atoms with Gasteiger partial charge in [0.25, 0.3) is 0 Å². The van der Waals surface area contributed by atoms with Crippen LogP contribution in [0, 0.1) is 0 Å². The van der Waals surface area contributed by atoms with Gasteiger partial charge in [-0.05, 0) is 19.1 Å². The lowest BCUT2D eigenvalue weighted by Crippen LogP contribution is -2.06. The van der Waals surface area contributed by atoms with E-state index in [9.17, 15) is 9.59 Å². The number of benzene rings is 1. The van der Waals surface area contributed by atoms with Crippen molar-refractivity contribution in [2.24, 2.45) is 0 Å². The Morgan fingerprint density at radius 3 is 2.69 bits per heavy atom. The van der Waals surface area contributed by atoms with Crippen LogP contribution in [-0.2, 0) is 4.74 Å². The summed E-state index contributed by atoms with van der Waals surface area (Å²) in [5.74, 6) is -0.245. The highest BCUT2D eigenvalue weighted by molar-refractivity contribution is 6.33. The number of esters is 1. The van der Waals surface area contributed by atoms with Crippen molar-refractivity contribution in [3.63, 3.8) is 0 Å². The summed E-state index contributed by atoms with van der Waals surface area (Å²) in [6.45, 7) is 1.98. The van der Waals surface area contributed by atoms with E-state index in [0.717, 1.165) is 0 Å². The Kier molecular flexibility index (Phi) is 4.31. The molecule has 0 spiro atoms. The van der Waals surface area contributed by atoms with Crippen LogP contribution in [0.1, 0.15) is 27.6 Å².